The Morgan fingerprint density at radius 2 is 2.11 bits per heavy atom. The lowest BCUT2D eigenvalue weighted by Gasteiger charge is -2.32. The third-order valence-electron chi connectivity index (χ3n) is 4.77. The summed E-state index contributed by atoms with van der Waals surface area (Å²) in [6.07, 6.45) is 1.06. The molecular formula is C19H19FN4OS2. The number of amides is 1. The molecule has 0 saturated carbocycles. The first-order valence-corrected chi connectivity index (χ1v) is 10.4. The van der Waals surface area contributed by atoms with Crippen molar-refractivity contribution in [3.63, 3.8) is 0 Å². The standard InChI is InChI=1S/C19H19FN4OS2/c1-12-15-7-9-26-16(15)6-8-24(12)11-17-22-23-19(27-17)18(25)21-10-13-2-4-14(20)5-3-13/h2-5,7,9,12H,6,8,10-11H2,1H3,(H,21,25). The average Bonchev–Trinajstić information content (AvgIpc) is 3.33. The number of aromatic nitrogens is 2. The third-order valence-corrected chi connectivity index (χ3v) is 6.67. The van der Waals surface area contributed by atoms with E-state index in [2.05, 4.69) is 38.8 Å². The fraction of sp³-hybridized carbons (Fsp3) is 0.316. The maximum Gasteiger partial charge on any atom is 0.282 e. The molecule has 0 aliphatic carbocycles. The molecule has 0 spiro atoms. The van der Waals surface area contributed by atoms with Gasteiger partial charge in [0.1, 0.15) is 10.8 Å². The highest BCUT2D eigenvalue weighted by Crippen LogP contribution is 2.33. The van der Waals surface area contributed by atoms with E-state index >= 15 is 0 Å². The lowest BCUT2D eigenvalue weighted by molar-refractivity contribution is 0.0950. The van der Waals surface area contributed by atoms with Crippen molar-refractivity contribution in [1.29, 1.82) is 0 Å². The largest absolute Gasteiger partial charge is 0.346 e. The van der Waals surface area contributed by atoms with Crippen LogP contribution in [0.15, 0.2) is 35.7 Å². The Bertz CT molecular complexity index is 937. The molecule has 0 radical (unpaired) electrons. The van der Waals surface area contributed by atoms with Crippen LogP contribution in [0.2, 0.25) is 0 Å². The summed E-state index contributed by atoms with van der Waals surface area (Å²) < 4.78 is 12.9. The van der Waals surface area contributed by atoms with Crippen molar-refractivity contribution in [2.45, 2.75) is 32.5 Å². The van der Waals surface area contributed by atoms with Gasteiger partial charge in [0.05, 0.1) is 6.54 Å². The predicted molar refractivity (Wildman–Crippen MR) is 104 cm³/mol. The van der Waals surface area contributed by atoms with Crippen LogP contribution in [0.5, 0.6) is 0 Å². The first-order chi connectivity index (χ1) is 13.1. The highest BCUT2D eigenvalue weighted by molar-refractivity contribution is 7.13. The molecule has 5 nitrogen and oxygen atoms in total. The van der Waals surface area contributed by atoms with E-state index in [1.165, 1.54) is 33.9 Å². The van der Waals surface area contributed by atoms with Gasteiger partial charge in [-0.1, -0.05) is 23.5 Å². The van der Waals surface area contributed by atoms with Crippen molar-refractivity contribution in [1.82, 2.24) is 20.4 Å². The number of thiophene rings is 1. The van der Waals surface area contributed by atoms with Gasteiger partial charge in [0.2, 0.25) is 5.01 Å². The molecule has 0 bridgehead atoms. The van der Waals surface area contributed by atoms with Gasteiger partial charge < -0.3 is 5.32 Å². The second kappa shape index (κ2) is 7.84. The number of hydrogen-bond donors (Lipinski definition) is 1. The summed E-state index contributed by atoms with van der Waals surface area (Å²) in [6, 6.07) is 8.60. The van der Waals surface area contributed by atoms with Crippen LogP contribution in [0.3, 0.4) is 0 Å². The summed E-state index contributed by atoms with van der Waals surface area (Å²) in [6.45, 7) is 4.22. The van der Waals surface area contributed by atoms with E-state index in [1.54, 1.807) is 12.1 Å². The molecule has 4 rings (SSSR count). The van der Waals surface area contributed by atoms with Gasteiger partial charge in [-0.15, -0.1) is 21.5 Å². The first-order valence-electron chi connectivity index (χ1n) is 8.75. The summed E-state index contributed by atoms with van der Waals surface area (Å²) in [5, 5.41) is 14.4. The van der Waals surface area contributed by atoms with Crippen molar-refractivity contribution in [3.8, 4) is 0 Å². The number of carbonyl (C=O) groups excluding carboxylic acids is 1. The Kier molecular flexibility index (Phi) is 5.29. The minimum absolute atomic E-state index is 0.255. The molecule has 1 aromatic carbocycles. The van der Waals surface area contributed by atoms with Crippen LogP contribution >= 0.6 is 22.7 Å². The van der Waals surface area contributed by atoms with Crippen LogP contribution in [0.4, 0.5) is 4.39 Å². The quantitative estimate of drug-likeness (QED) is 0.706. The molecule has 0 saturated heterocycles. The molecule has 140 valence electrons. The normalized spacial score (nSPS) is 16.9. The average molecular weight is 403 g/mol. The van der Waals surface area contributed by atoms with E-state index in [1.807, 2.05) is 11.3 Å². The van der Waals surface area contributed by atoms with Crippen LogP contribution in [0, 0.1) is 5.82 Å². The molecule has 1 aliphatic rings. The lowest BCUT2D eigenvalue weighted by Crippen LogP contribution is -2.32. The minimum Gasteiger partial charge on any atom is -0.346 e. The monoisotopic (exact) mass is 402 g/mol. The Morgan fingerprint density at radius 3 is 2.93 bits per heavy atom. The molecule has 1 atom stereocenters. The van der Waals surface area contributed by atoms with E-state index in [0.29, 0.717) is 24.1 Å². The Balaban J connectivity index is 1.35. The molecule has 0 fully saturated rings. The summed E-state index contributed by atoms with van der Waals surface area (Å²) >= 11 is 3.15. The SMILES string of the molecule is CC1c2ccsc2CCN1Cc1nnc(C(=O)NCc2ccc(F)cc2)s1. The van der Waals surface area contributed by atoms with Crippen LogP contribution < -0.4 is 5.32 Å². The minimum atomic E-state index is -0.291. The van der Waals surface area contributed by atoms with Crippen LogP contribution in [-0.2, 0) is 19.5 Å². The molecule has 8 heteroatoms. The van der Waals surface area contributed by atoms with Crippen LogP contribution in [0.1, 0.15) is 43.8 Å². The van der Waals surface area contributed by atoms with Gasteiger partial charge in [-0.05, 0) is 48.1 Å². The molecule has 3 aromatic rings. The summed E-state index contributed by atoms with van der Waals surface area (Å²) in [5.74, 6) is -0.546. The molecule has 1 aliphatic heterocycles. The van der Waals surface area contributed by atoms with Gasteiger partial charge in [0, 0.05) is 24.0 Å². The van der Waals surface area contributed by atoms with Crippen molar-refractivity contribution >= 4 is 28.6 Å². The zero-order valence-corrected chi connectivity index (χ0v) is 16.4. The summed E-state index contributed by atoms with van der Waals surface area (Å²) in [4.78, 5) is 16.1. The fourth-order valence-corrected chi connectivity index (χ4v) is 4.97. The highest BCUT2D eigenvalue weighted by atomic mass is 32.1. The predicted octanol–water partition coefficient (Wildman–Crippen LogP) is 3.79. The van der Waals surface area contributed by atoms with Gasteiger partial charge in [0.15, 0.2) is 0 Å². The smallest absolute Gasteiger partial charge is 0.282 e. The maximum atomic E-state index is 12.9. The van der Waals surface area contributed by atoms with Gasteiger partial charge in [0.25, 0.3) is 5.91 Å². The fourth-order valence-electron chi connectivity index (χ4n) is 3.22. The van der Waals surface area contributed by atoms with Crippen molar-refractivity contribution < 1.29 is 9.18 Å². The highest BCUT2D eigenvalue weighted by Gasteiger charge is 2.26. The van der Waals surface area contributed by atoms with E-state index in [0.717, 1.165) is 23.5 Å². The van der Waals surface area contributed by atoms with Crippen molar-refractivity contribution in [2.24, 2.45) is 0 Å². The number of nitrogens with one attached hydrogen (secondary N) is 1. The second-order valence-electron chi connectivity index (χ2n) is 6.51. The molecule has 1 amide bonds. The van der Waals surface area contributed by atoms with E-state index < -0.39 is 0 Å². The Morgan fingerprint density at radius 1 is 1.30 bits per heavy atom. The van der Waals surface area contributed by atoms with Gasteiger partial charge in [-0.25, -0.2) is 4.39 Å². The Labute approximate surface area is 164 Å². The number of fused-ring (bicyclic) bond motifs is 1. The summed E-state index contributed by atoms with van der Waals surface area (Å²) in [5.41, 5.74) is 2.23. The van der Waals surface area contributed by atoms with Crippen LogP contribution in [0.25, 0.3) is 0 Å². The molecule has 3 heterocycles. The summed E-state index contributed by atoms with van der Waals surface area (Å²) in [7, 11) is 0. The van der Waals surface area contributed by atoms with E-state index in [9.17, 15) is 9.18 Å². The first kappa shape index (κ1) is 18.2. The van der Waals surface area contributed by atoms with Crippen LogP contribution in [-0.4, -0.2) is 27.5 Å². The number of nitrogens with zero attached hydrogens (tertiary/aromatic N) is 3. The molecule has 1 unspecified atom stereocenters. The molecule has 2 aromatic heterocycles. The van der Waals surface area contributed by atoms with E-state index in [-0.39, 0.29) is 11.7 Å². The Hall–Kier alpha value is -2.16. The molecular weight excluding hydrogens is 383 g/mol. The third kappa shape index (κ3) is 4.07. The van der Waals surface area contributed by atoms with Gasteiger partial charge in [-0.2, -0.15) is 0 Å². The molecule has 27 heavy (non-hydrogen) atoms. The lowest BCUT2D eigenvalue weighted by atomic mass is 10.0. The van der Waals surface area contributed by atoms with Gasteiger partial charge >= 0.3 is 0 Å². The number of benzene rings is 1. The number of halogens is 1. The zero-order chi connectivity index (χ0) is 18.8. The number of carbonyl (C=O) groups is 1. The maximum absolute atomic E-state index is 12.9. The second-order valence-corrected chi connectivity index (χ2v) is 8.57. The molecule has 1 N–H and O–H groups in total. The topological polar surface area (TPSA) is 58.1 Å². The van der Waals surface area contributed by atoms with E-state index in [4.69, 9.17) is 0 Å². The number of rotatable bonds is 5. The number of hydrogen-bond acceptors (Lipinski definition) is 6. The van der Waals surface area contributed by atoms with Gasteiger partial charge in [-0.3, -0.25) is 9.69 Å². The van der Waals surface area contributed by atoms with Crippen molar-refractivity contribution in [3.05, 3.63) is 67.5 Å². The van der Waals surface area contributed by atoms with Crippen molar-refractivity contribution in [2.75, 3.05) is 6.54 Å². The zero-order valence-electron chi connectivity index (χ0n) is 14.8.